The number of piperidine rings is 1. The summed E-state index contributed by atoms with van der Waals surface area (Å²) in [6, 6.07) is 11.5. The second kappa shape index (κ2) is 10.0. The molecule has 2 N–H and O–H groups in total. The van der Waals surface area contributed by atoms with Crippen molar-refractivity contribution < 1.29 is 27.5 Å². The molecule has 2 heterocycles. The van der Waals surface area contributed by atoms with Gasteiger partial charge in [-0.15, -0.1) is 0 Å². The van der Waals surface area contributed by atoms with Crippen LogP contribution in [-0.4, -0.2) is 41.7 Å². The van der Waals surface area contributed by atoms with Gasteiger partial charge < -0.3 is 20.3 Å². The highest BCUT2D eigenvalue weighted by molar-refractivity contribution is 6.35. The van der Waals surface area contributed by atoms with E-state index in [9.17, 15) is 22.8 Å². The van der Waals surface area contributed by atoms with Gasteiger partial charge in [-0.3, -0.25) is 9.59 Å². The van der Waals surface area contributed by atoms with Crippen molar-refractivity contribution in [2.45, 2.75) is 69.4 Å². The van der Waals surface area contributed by atoms with Gasteiger partial charge in [-0.2, -0.15) is 13.2 Å². The highest BCUT2D eigenvalue weighted by atomic mass is 35.5. The molecule has 2 fully saturated rings. The van der Waals surface area contributed by atoms with Gasteiger partial charge in [-0.1, -0.05) is 23.2 Å². The molecular weight excluding hydrogens is 518 g/mol. The van der Waals surface area contributed by atoms with E-state index in [1.165, 1.54) is 12.1 Å². The van der Waals surface area contributed by atoms with E-state index in [-0.39, 0.29) is 29.7 Å². The van der Waals surface area contributed by atoms with Crippen molar-refractivity contribution in [1.29, 1.82) is 0 Å². The lowest BCUT2D eigenvalue weighted by Crippen LogP contribution is -2.55. The predicted molar refractivity (Wildman–Crippen MR) is 133 cm³/mol. The number of ether oxygens (including phenoxy) is 1. The van der Waals surface area contributed by atoms with Crippen LogP contribution in [0, 0.1) is 0 Å². The number of hydrogen-bond acceptors (Lipinski definition) is 4. The fourth-order valence-corrected chi connectivity index (χ4v) is 5.32. The maximum Gasteiger partial charge on any atom is 0.471 e. The zero-order valence-corrected chi connectivity index (χ0v) is 21.2. The Morgan fingerprint density at radius 1 is 0.972 bits per heavy atom. The Kier molecular flexibility index (Phi) is 7.35. The van der Waals surface area contributed by atoms with E-state index in [0.717, 1.165) is 31.4 Å². The number of nitrogens with zero attached hydrogens (tertiary/aromatic N) is 1. The lowest BCUT2D eigenvalue weighted by atomic mass is 9.95. The van der Waals surface area contributed by atoms with Crippen LogP contribution in [-0.2, 0) is 9.59 Å². The van der Waals surface area contributed by atoms with Crippen molar-refractivity contribution in [2.24, 2.45) is 0 Å². The number of benzene rings is 2. The van der Waals surface area contributed by atoms with E-state index in [1.807, 2.05) is 5.32 Å². The molecule has 2 aromatic carbocycles. The average Bonchev–Trinajstić information content (AvgIpc) is 3.05. The molecule has 4 rings (SSSR count). The van der Waals surface area contributed by atoms with E-state index in [1.54, 1.807) is 44.2 Å². The largest absolute Gasteiger partial charge is 0.476 e. The number of anilines is 2. The summed E-state index contributed by atoms with van der Waals surface area (Å²) >= 11 is 12.1. The molecule has 2 aliphatic heterocycles. The molecule has 2 aliphatic rings. The van der Waals surface area contributed by atoms with Crippen LogP contribution in [0.15, 0.2) is 42.5 Å². The molecule has 6 nitrogen and oxygen atoms in total. The van der Waals surface area contributed by atoms with Crippen LogP contribution in [0.25, 0.3) is 0 Å². The van der Waals surface area contributed by atoms with Crippen LogP contribution in [0.3, 0.4) is 0 Å². The minimum atomic E-state index is -4.94. The number of carbonyl (C=O) groups excluding carboxylic acids is 2. The zero-order valence-electron chi connectivity index (χ0n) is 19.7. The standard InChI is InChI=1S/C25H26Cl2F3N3O3/c1-24(2,36-21-10-3-14(26)11-20(21)27)22(34)32-16-12-18-8-9-19(13-16)33(18)17-6-4-15(5-7-17)31-23(35)25(28,29)30/h3-7,10-11,16,18-19H,8-9,12-13H2,1-2H3,(H,31,35)(H,32,34). The molecule has 36 heavy (non-hydrogen) atoms. The molecule has 0 saturated carbocycles. The lowest BCUT2D eigenvalue weighted by Gasteiger charge is -2.41. The molecule has 2 amide bonds. The number of halogens is 5. The molecule has 2 bridgehead atoms. The van der Waals surface area contributed by atoms with E-state index in [4.69, 9.17) is 27.9 Å². The van der Waals surface area contributed by atoms with Gasteiger partial charge >= 0.3 is 12.1 Å². The minimum Gasteiger partial charge on any atom is -0.476 e. The first-order valence-corrected chi connectivity index (χ1v) is 12.3. The maximum atomic E-state index is 13.1. The Labute approximate surface area is 217 Å². The molecule has 0 spiro atoms. The summed E-state index contributed by atoms with van der Waals surface area (Å²) in [6.45, 7) is 3.35. The van der Waals surface area contributed by atoms with E-state index < -0.39 is 17.7 Å². The number of amides is 2. The first kappa shape index (κ1) is 26.4. The fourth-order valence-electron chi connectivity index (χ4n) is 4.87. The van der Waals surface area contributed by atoms with Gasteiger partial charge in [0, 0.05) is 34.5 Å². The zero-order chi connectivity index (χ0) is 26.3. The van der Waals surface area contributed by atoms with Gasteiger partial charge in [0.2, 0.25) is 0 Å². The van der Waals surface area contributed by atoms with Gasteiger partial charge in [0.1, 0.15) is 5.75 Å². The number of rotatable bonds is 6. The quantitative estimate of drug-likeness (QED) is 0.471. The third-order valence-corrected chi connectivity index (χ3v) is 7.09. The molecule has 0 aromatic heterocycles. The average molecular weight is 544 g/mol. The number of fused-ring (bicyclic) bond motifs is 2. The molecule has 0 radical (unpaired) electrons. The van der Waals surface area contributed by atoms with Crippen LogP contribution in [0.2, 0.25) is 10.0 Å². The second-order valence-corrected chi connectivity index (χ2v) is 10.5. The van der Waals surface area contributed by atoms with Crippen molar-refractivity contribution in [3.8, 4) is 5.75 Å². The van der Waals surface area contributed by atoms with Crippen molar-refractivity contribution in [3.05, 3.63) is 52.5 Å². The Morgan fingerprint density at radius 3 is 2.14 bits per heavy atom. The van der Waals surface area contributed by atoms with Gasteiger partial charge in [0.15, 0.2) is 5.60 Å². The topological polar surface area (TPSA) is 70.7 Å². The molecule has 11 heteroatoms. The smallest absolute Gasteiger partial charge is 0.471 e. The molecule has 194 valence electrons. The van der Waals surface area contributed by atoms with Crippen LogP contribution < -0.4 is 20.3 Å². The molecule has 2 saturated heterocycles. The van der Waals surface area contributed by atoms with E-state index in [2.05, 4.69) is 10.2 Å². The number of alkyl halides is 3. The SMILES string of the molecule is CC(C)(Oc1ccc(Cl)cc1Cl)C(=O)NC1CC2CCC(C1)N2c1ccc(NC(=O)C(F)(F)F)cc1. The summed E-state index contributed by atoms with van der Waals surface area (Å²) in [7, 11) is 0. The maximum absolute atomic E-state index is 13.1. The highest BCUT2D eigenvalue weighted by Crippen LogP contribution is 2.40. The van der Waals surface area contributed by atoms with Gasteiger partial charge in [-0.25, -0.2) is 0 Å². The van der Waals surface area contributed by atoms with Crippen LogP contribution in [0.4, 0.5) is 24.5 Å². The van der Waals surface area contributed by atoms with E-state index >= 15 is 0 Å². The summed E-state index contributed by atoms with van der Waals surface area (Å²) in [6.07, 6.45) is -1.59. The first-order chi connectivity index (χ1) is 16.8. The number of nitrogens with one attached hydrogen (secondary N) is 2. The highest BCUT2D eigenvalue weighted by Gasteiger charge is 2.43. The van der Waals surface area contributed by atoms with Gasteiger partial charge in [0.25, 0.3) is 5.91 Å². The third-order valence-electron chi connectivity index (χ3n) is 6.55. The minimum absolute atomic E-state index is 0.0415. The normalized spacial score (nSPS) is 21.8. The first-order valence-electron chi connectivity index (χ1n) is 11.5. The molecular formula is C25H26Cl2F3N3O3. The summed E-state index contributed by atoms with van der Waals surface area (Å²) in [5.41, 5.74) is -0.207. The fraction of sp³-hybridized carbons (Fsp3) is 0.440. The van der Waals surface area contributed by atoms with Gasteiger partial charge in [-0.05, 0) is 82.0 Å². The summed E-state index contributed by atoms with van der Waals surface area (Å²) in [5, 5.41) is 5.76. The molecule has 2 aromatic rings. The molecule has 2 unspecified atom stereocenters. The predicted octanol–water partition coefficient (Wildman–Crippen LogP) is 5.97. The molecule has 0 aliphatic carbocycles. The van der Waals surface area contributed by atoms with E-state index in [0.29, 0.717) is 15.8 Å². The van der Waals surface area contributed by atoms with Crippen LogP contribution in [0.1, 0.15) is 39.5 Å². The van der Waals surface area contributed by atoms with Crippen LogP contribution in [0.5, 0.6) is 5.75 Å². The summed E-state index contributed by atoms with van der Waals surface area (Å²) in [5.74, 6) is -1.89. The summed E-state index contributed by atoms with van der Waals surface area (Å²) in [4.78, 5) is 26.5. The Morgan fingerprint density at radius 2 is 1.58 bits per heavy atom. The van der Waals surface area contributed by atoms with Crippen molar-refractivity contribution in [3.63, 3.8) is 0 Å². The second-order valence-electron chi connectivity index (χ2n) is 9.62. The third kappa shape index (κ3) is 5.83. The van der Waals surface area contributed by atoms with Crippen molar-refractivity contribution >= 4 is 46.4 Å². The lowest BCUT2D eigenvalue weighted by molar-refractivity contribution is -0.167. The van der Waals surface area contributed by atoms with Gasteiger partial charge in [0.05, 0.1) is 5.02 Å². The van der Waals surface area contributed by atoms with Crippen molar-refractivity contribution in [1.82, 2.24) is 5.32 Å². The Bertz CT molecular complexity index is 1130. The Balaban J connectivity index is 1.37. The van der Waals surface area contributed by atoms with Crippen molar-refractivity contribution in [2.75, 3.05) is 10.2 Å². The Hall–Kier alpha value is -2.65. The molecule has 2 atom stereocenters. The summed E-state index contributed by atoms with van der Waals surface area (Å²) < 4.78 is 43.4. The monoisotopic (exact) mass is 543 g/mol. The number of hydrogen-bond donors (Lipinski definition) is 2. The number of carbonyl (C=O) groups is 2. The van der Waals surface area contributed by atoms with Crippen LogP contribution >= 0.6 is 23.2 Å².